The molecule has 0 aliphatic rings. The molecule has 154 valence electrons. The standard InChI is InChI=1S/C20H20N6O3S/c1-12-10-13(2)22-20(21-12)30-11-14-4-6-15(7-5-14)18(28)23-24-19(29)16-8-9-17(27)26(3)25-16/h4-10H,11H2,1-3H3,(H,23,28)(H,24,29). The first kappa shape index (κ1) is 21.2. The van der Waals surface area contributed by atoms with Gasteiger partial charge in [0.2, 0.25) is 0 Å². The highest BCUT2D eigenvalue weighted by molar-refractivity contribution is 7.98. The van der Waals surface area contributed by atoms with E-state index in [0.29, 0.717) is 16.5 Å². The largest absolute Gasteiger partial charge is 0.290 e. The summed E-state index contributed by atoms with van der Waals surface area (Å²) in [5.41, 5.74) is 7.53. The van der Waals surface area contributed by atoms with E-state index in [1.54, 1.807) is 12.1 Å². The molecule has 0 aliphatic heterocycles. The summed E-state index contributed by atoms with van der Waals surface area (Å²) in [7, 11) is 1.43. The first-order valence-electron chi connectivity index (χ1n) is 9.01. The van der Waals surface area contributed by atoms with Crippen molar-refractivity contribution in [2.45, 2.75) is 24.8 Å². The Hall–Kier alpha value is -3.53. The molecule has 2 heterocycles. The van der Waals surface area contributed by atoms with E-state index in [1.807, 2.05) is 32.0 Å². The second-order valence-corrected chi connectivity index (χ2v) is 7.45. The van der Waals surface area contributed by atoms with Crippen LogP contribution in [0.15, 0.2) is 52.4 Å². The van der Waals surface area contributed by atoms with Crippen LogP contribution in [0.5, 0.6) is 0 Å². The van der Waals surface area contributed by atoms with Crippen LogP contribution in [0.25, 0.3) is 0 Å². The maximum Gasteiger partial charge on any atom is 0.290 e. The Bertz CT molecular complexity index is 1120. The van der Waals surface area contributed by atoms with Gasteiger partial charge in [-0.1, -0.05) is 23.9 Å². The summed E-state index contributed by atoms with van der Waals surface area (Å²) in [6, 6.07) is 11.4. The number of hydrogen-bond donors (Lipinski definition) is 2. The molecule has 10 heteroatoms. The van der Waals surface area contributed by atoms with E-state index in [1.165, 1.54) is 30.9 Å². The number of aryl methyl sites for hydroxylation is 3. The number of nitrogens with one attached hydrogen (secondary N) is 2. The van der Waals surface area contributed by atoms with Gasteiger partial charge in [0.15, 0.2) is 10.9 Å². The van der Waals surface area contributed by atoms with E-state index < -0.39 is 11.8 Å². The zero-order valence-corrected chi connectivity index (χ0v) is 17.5. The van der Waals surface area contributed by atoms with Crippen LogP contribution in [0.4, 0.5) is 0 Å². The molecule has 1 aromatic carbocycles. The van der Waals surface area contributed by atoms with Crippen LogP contribution in [-0.4, -0.2) is 31.6 Å². The van der Waals surface area contributed by atoms with E-state index in [-0.39, 0.29) is 11.3 Å². The summed E-state index contributed by atoms with van der Waals surface area (Å²) >= 11 is 1.52. The highest BCUT2D eigenvalue weighted by Crippen LogP contribution is 2.20. The monoisotopic (exact) mass is 424 g/mol. The molecule has 0 spiro atoms. The Balaban J connectivity index is 1.54. The predicted octanol–water partition coefficient (Wildman–Crippen LogP) is 1.55. The fourth-order valence-corrected chi connectivity index (χ4v) is 3.44. The number of thioether (sulfide) groups is 1. The van der Waals surface area contributed by atoms with Crippen LogP contribution in [0.3, 0.4) is 0 Å². The van der Waals surface area contributed by atoms with Gasteiger partial charge < -0.3 is 0 Å². The average Bonchev–Trinajstić information content (AvgIpc) is 2.72. The Morgan fingerprint density at radius 1 is 0.967 bits per heavy atom. The van der Waals surface area contributed by atoms with E-state index in [4.69, 9.17) is 0 Å². The van der Waals surface area contributed by atoms with Crippen molar-refractivity contribution in [3.63, 3.8) is 0 Å². The molecule has 3 rings (SSSR count). The SMILES string of the molecule is Cc1cc(C)nc(SCc2ccc(C(=O)NNC(=O)c3ccc(=O)n(C)n3)cc2)n1. The maximum absolute atomic E-state index is 12.2. The van der Waals surface area contributed by atoms with E-state index in [0.717, 1.165) is 21.6 Å². The second-order valence-electron chi connectivity index (χ2n) is 6.51. The van der Waals surface area contributed by atoms with Crippen LogP contribution < -0.4 is 16.4 Å². The molecule has 0 radical (unpaired) electrons. The lowest BCUT2D eigenvalue weighted by Crippen LogP contribution is -2.42. The number of nitrogens with zero attached hydrogens (tertiary/aromatic N) is 4. The Morgan fingerprint density at radius 3 is 2.23 bits per heavy atom. The quantitative estimate of drug-likeness (QED) is 0.362. The van der Waals surface area contributed by atoms with Crippen LogP contribution in [0, 0.1) is 13.8 Å². The number of amides is 2. The van der Waals surface area contributed by atoms with Gasteiger partial charge in [-0.05, 0) is 43.7 Å². The number of benzene rings is 1. The zero-order chi connectivity index (χ0) is 21.7. The fourth-order valence-electron chi connectivity index (χ4n) is 2.53. The molecule has 0 saturated carbocycles. The molecule has 2 amide bonds. The van der Waals surface area contributed by atoms with Crippen molar-refractivity contribution in [2.24, 2.45) is 7.05 Å². The maximum atomic E-state index is 12.2. The number of hydrogen-bond acceptors (Lipinski definition) is 7. The minimum Gasteiger partial charge on any atom is -0.268 e. The lowest BCUT2D eigenvalue weighted by molar-refractivity contribution is 0.0842. The third-order valence-electron chi connectivity index (χ3n) is 4.03. The number of carbonyl (C=O) groups excluding carboxylic acids is 2. The molecular formula is C20H20N6O3S. The van der Waals surface area contributed by atoms with Gasteiger partial charge in [0.25, 0.3) is 17.4 Å². The zero-order valence-electron chi connectivity index (χ0n) is 16.7. The predicted molar refractivity (Wildman–Crippen MR) is 112 cm³/mol. The van der Waals surface area contributed by atoms with E-state index >= 15 is 0 Å². The first-order chi connectivity index (χ1) is 14.3. The van der Waals surface area contributed by atoms with Crippen molar-refractivity contribution in [3.05, 3.63) is 81.0 Å². The van der Waals surface area contributed by atoms with Crippen molar-refractivity contribution in [1.29, 1.82) is 0 Å². The molecule has 2 aromatic heterocycles. The molecular weight excluding hydrogens is 404 g/mol. The van der Waals surface area contributed by atoms with E-state index in [2.05, 4.69) is 25.9 Å². The molecule has 0 bridgehead atoms. The van der Waals surface area contributed by atoms with Crippen molar-refractivity contribution >= 4 is 23.6 Å². The molecule has 0 fully saturated rings. The van der Waals surface area contributed by atoms with Gasteiger partial charge in [0, 0.05) is 35.8 Å². The summed E-state index contributed by atoms with van der Waals surface area (Å²) in [5, 5.41) is 4.53. The van der Waals surface area contributed by atoms with E-state index in [9.17, 15) is 14.4 Å². The second kappa shape index (κ2) is 9.31. The topological polar surface area (TPSA) is 119 Å². The van der Waals surface area contributed by atoms with Crippen molar-refractivity contribution in [1.82, 2.24) is 30.6 Å². The summed E-state index contributed by atoms with van der Waals surface area (Å²) < 4.78 is 1.04. The molecule has 0 unspecified atom stereocenters. The van der Waals surface area contributed by atoms with Gasteiger partial charge >= 0.3 is 0 Å². The molecule has 9 nitrogen and oxygen atoms in total. The number of aromatic nitrogens is 4. The smallest absolute Gasteiger partial charge is 0.268 e. The van der Waals surface area contributed by atoms with Crippen LogP contribution >= 0.6 is 11.8 Å². The number of carbonyl (C=O) groups is 2. The molecule has 2 N–H and O–H groups in total. The van der Waals surface area contributed by atoms with Crippen molar-refractivity contribution in [3.8, 4) is 0 Å². The Labute approximate surface area is 176 Å². The third-order valence-corrected chi connectivity index (χ3v) is 4.95. The van der Waals surface area contributed by atoms with Crippen molar-refractivity contribution < 1.29 is 9.59 Å². The highest BCUT2D eigenvalue weighted by Gasteiger charge is 2.11. The van der Waals surface area contributed by atoms with Gasteiger partial charge in [-0.15, -0.1) is 0 Å². The molecule has 3 aromatic rings. The fraction of sp³-hybridized carbons (Fsp3) is 0.200. The summed E-state index contributed by atoms with van der Waals surface area (Å²) in [6.07, 6.45) is 0. The van der Waals surface area contributed by atoms with Gasteiger partial charge in [0.05, 0.1) is 0 Å². The van der Waals surface area contributed by atoms with Crippen LogP contribution in [0.1, 0.15) is 37.8 Å². The molecule has 0 saturated heterocycles. The minimum absolute atomic E-state index is 0.0124. The van der Waals surface area contributed by atoms with Crippen LogP contribution in [-0.2, 0) is 12.8 Å². The average molecular weight is 424 g/mol. The first-order valence-corrected chi connectivity index (χ1v) is 9.99. The minimum atomic E-state index is -0.625. The third kappa shape index (κ3) is 5.51. The number of rotatable bonds is 5. The summed E-state index contributed by atoms with van der Waals surface area (Å²) in [6.45, 7) is 3.86. The lowest BCUT2D eigenvalue weighted by atomic mass is 10.1. The summed E-state index contributed by atoms with van der Waals surface area (Å²) in [4.78, 5) is 44.4. The van der Waals surface area contributed by atoms with Gasteiger partial charge in [-0.25, -0.2) is 14.6 Å². The van der Waals surface area contributed by atoms with Crippen LogP contribution in [0.2, 0.25) is 0 Å². The number of hydrazine groups is 1. The Kier molecular flexibility index (Phi) is 6.58. The molecule has 0 atom stereocenters. The Morgan fingerprint density at radius 2 is 1.60 bits per heavy atom. The van der Waals surface area contributed by atoms with Gasteiger partial charge in [0.1, 0.15) is 0 Å². The lowest BCUT2D eigenvalue weighted by Gasteiger charge is -2.08. The van der Waals surface area contributed by atoms with Gasteiger partial charge in [-0.3, -0.25) is 25.2 Å². The van der Waals surface area contributed by atoms with Crippen molar-refractivity contribution in [2.75, 3.05) is 0 Å². The molecule has 30 heavy (non-hydrogen) atoms. The highest BCUT2D eigenvalue weighted by atomic mass is 32.2. The normalized spacial score (nSPS) is 10.5. The van der Waals surface area contributed by atoms with Gasteiger partial charge in [-0.2, -0.15) is 5.10 Å². The summed E-state index contributed by atoms with van der Waals surface area (Å²) in [5.74, 6) is -0.426. The molecule has 0 aliphatic carbocycles.